The summed E-state index contributed by atoms with van der Waals surface area (Å²) in [7, 11) is 0. The molecular formula is C31H49O6W-. The van der Waals surface area contributed by atoms with E-state index in [1.165, 1.54) is 18.6 Å². The monoisotopic (exact) mass is 701 g/mol. The zero-order valence-corrected chi connectivity index (χ0v) is 26.5. The predicted octanol–water partition coefficient (Wildman–Crippen LogP) is 4.71. The van der Waals surface area contributed by atoms with Crippen LogP contribution in [0.4, 0.5) is 0 Å². The molecule has 7 heteroatoms. The van der Waals surface area contributed by atoms with Gasteiger partial charge in [-0.2, -0.15) is 0 Å². The fraction of sp³-hybridized carbons (Fsp3) is 0.613. The van der Waals surface area contributed by atoms with E-state index in [9.17, 15) is 25.2 Å². The van der Waals surface area contributed by atoms with Gasteiger partial charge in [0.05, 0.1) is 18.3 Å². The number of carbonyl (C=O) groups is 1. The average Bonchev–Trinajstić information content (AvgIpc) is 2.85. The SMILES string of the molecule is C=C/C=C\[C@H](C)C1OC(=O)/C=C\C=C\[CH-][C@@H](O)C[C@H](O)/C=C\[C@H](C)[C@H](O)[C@@H](C)C[C@@H](C)CC[C@@H](O)[C@@H]1C.[W]. The van der Waals surface area contributed by atoms with E-state index in [4.69, 9.17) is 4.74 Å². The molecule has 0 radical (unpaired) electrons. The minimum absolute atomic E-state index is 0. The molecule has 6 nitrogen and oxygen atoms in total. The molecule has 1 rings (SSSR count). The summed E-state index contributed by atoms with van der Waals surface area (Å²) < 4.78 is 5.77. The minimum Gasteiger partial charge on any atom is -0.458 e. The standard InChI is InChI=1S/C31H49O6.W/c1-7-8-12-23(4)31-25(6)28(34)18-15-21(2)19-24(5)30(36)22(3)16-17-27(33)20-26(32)13-10-9-11-14-29(35)37-31;/h7-14,16-17,21-28,30-34,36H,1,15,18-20H2,2-6H3;/q-1;/b10-9+,12-8-,14-11-,17-16-;/t21-,22-,23-,24-,25-,26+,27+,28+,30-,31?;/m0./s1. The molecule has 1 heterocycles. The molecule has 0 saturated heterocycles. The molecule has 216 valence electrons. The van der Waals surface area contributed by atoms with Crippen molar-refractivity contribution in [2.24, 2.45) is 29.6 Å². The van der Waals surface area contributed by atoms with Crippen LogP contribution < -0.4 is 0 Å². The van der Waals surface area contributed by atoms with E-state index < -0.39 is 36.5 Å². The second-order valence-electron chi connectivity index (χ2n) is 10.7. The third-order valence-corrected chi connectivity index (χ3v) is 7.21. The van der Waals surface area contributed by atoms with Gasteiger partial charge in [-0.15, -0.1) is 6.08 Å². The van der Waals surface area contributed by atoms with E-state index in [1.807, 2.05) is 33.8 Å². The van der Waals surface area contributed by atoms with Gasteiger partial charge < -0.3 is 25.2 Å². The maximum absolute atomic E-state index is 12.5. The molecule has 1 unspecified atom stereocenters. The Hall–Kier alpha value is -1.43. The van der Waals surface area contributed by atoms with E-state index in [0.29, 0.717) is 6.42 Å². The van der Waals surface area contributed by atoms with Gasteiger partial charge in [-0.1, -0.05) is 71.6 Å². The third kappa shape index (κ3) is 14.1. The minimum atomic E-state index is -0.863. The van der Waals surface area contributed by atoms with Crippen molar-refractivity contribution < 1.29 is 51.0 Å². The molecule has 0 bridgehead atoms. The average molecular weight is 702 g/mol. The van der Waals surface area contributed by atoms with Crippen molar-refractivity contribution in [3.05, 3.63) is 67.7 Å². The molecule has 10 atom stereocenters. The van der Waals surface area contributed by atoms with Crippen LogP contribution in [0.3, 0.4) is 0 Å². The first-order valence-corrected chi connectivity index (χ1v) is 13.5. The van der Waals surface area contributed by atoms with Crippen LogP contribution in [0.25, 0.3) is 0 Å². The van der Waals surface area contributed by atoms with Gasteiger partial charge >= 0.3 is 5.97 Å². The first-order valence-electron chi connectivity index (χ1n) is 13.5. The molecule has 0 aromatic carbocycles. The molecule has 1 aliphatic heterocycles. The molecule has 38 heavy (non-hydrogen) atoms. The Balaban J connectivity index is 0.0000137. The van der Waals surface area contributed by atoms with Crippen molar-refractivity contribution in [2.75, 3.05) is 0 Å². The van der Waals surface area contributed by atoms with Crippen LogP contribution in [0.5, 0.6) is 0 Å². The van der Waals surface area contributed by atoms with Crippen LogP contribution in [-0.2, 0) is 30.6 Å². The fourth-order valence-corrected chi connectivity index (χ4v) is 4.79. The molecular weight excluding hydrogens is 652 g/mol. The first-order chi connectivity index (χ1) is 17.5. The summed E-state index contributed by atoms with van der Waals surface area (Å²) in [4.78, 5) is 12.5. The maximum atomic E-state index is 12.5. The van der Waals surface area contributed by atoms with E-state index in [0.717, 1.165) is 12.8 Å². The van der Waals surface area contributed by atoms with Gasteiger partial charge in [0.15, 0.2) is 0 Å². The Morgan fingerprint density at radius 3 is 2.39 bits per heavy atom. The number of carbonyl (C=O) groups excluding carboxylic acids is 1. The number of allylic oxidation sites excluding steroid dienone is 4. The molecule has 0 aromatic rings. The number of aliphatic hydroxyl groups is 4. The molecule has 1 aliphatic rings. The zero-order valence-electron chi connectivity index (χ0n) is 23.6. The van der Waals surface area contributed by atoms with E-state index in [2.05, 4.69) is 13.5 Å². The summed E-state index contributed by atoms with van der Waals surface area (Å²) in [6.45, 7) is 13.6. The molecule has 0 fully saturated rings. The number of ether oxygens (including phenoxy) is 1. The van der Waals surface area contributed by atoms with E-state index >= 15 is 0 Å². The van der Waals surface area contributed by atoms with Gasteiger partial charge in [0.2, 0.25) is 0 Å². The summed E-state index contributed by atoms with van der Waals surface area (Å²) >= 11 is 0. The smallest absolute Gasteiger partial charge is 0.329 e. The third-order valence-electron chi connectivity index (χ3n) is 7.21. The number of esters is 1. The Kier molecular flexibility index (Phi) is 18.9. The van der Waals surface area contributed by atoms with Gasteiger partial charge in [-0.25, -0.2) is 23.4 Å². The summed E-state index contributed by atoms with van der Waals surface area (Å²) in [6.07, 6.45) is 15.2. The van der Waals surface area contributed by atoms with Crippen molar-refractivity contribution in [1.29, 1.82) is 0 Å². The summed E-state index contributed by atoms with van der Waals surface area (Å²) in [5.41, 5.74) is 0. The van der Waals surface area contributed by atoms with Gasteiger partial charge in [-0.3, -0.25) is 0 Å². The Bertz CT molecular complexity index is 791. The van der Waals surface area contributed by atoms with Gasteiger partial charge in [0.25, 0.3) is 0 Å². The largest absolute Gasteiger partial charge is 0.458 e. The molecule has 0 aromatic heterocycles. The Morgan fingerprint density at radius 2 is 1.74 bits per heavy atom. The number of hydrogen-bond donors (Lipinski definition) is 4. The van der Waals surface area contributed by atoms with Gasteiger partial charge in [-0.05, 0) is 37.5 Å². The van der Waals surface area contributed by atoms with Crippen LogP contribution in [-0.4, -0.2) is 56.9 Å². The molecule has 0 amide bonds. The van der Waals surface area contributed by atoms with Crippen LogP contribution in [0.2, 0.25) is 0 Å². The second-order valence-corrected chi connectivity index (χ2v) is 10.7. The topological polar surface area (TPSA) is 107 Å². The number of hydrogen-bond acceptors (Lipinski definition) is 6. The van der Waals surface area contributed by atoms with Crippen molar-refractivity contribution in [1.82, 2.24) is 0 Å². The molecule has 0 spiro atoms. The molecule has 4 N–H and O–H groups in total. The van der Waals surface area contributed by atoms with Crippen LogP contribution in [0.1, 0.15) is 60.3 Å². The molecule has 0 saturated carbocycles. The summed E-state index contributed by atoms with van der Waals surface area (Å²) in [5, 5.41) is 42.2. The van der Waals surface area contributed by atoms with E-state index in [-0.39, 0.29) is 57.1 Å². The number of cyclic esters (lactones) is 1. The summed E-state index contributed by atoms with van der Waals surface area (Å²) in [5.74, 6) is -0.754. The normalized spacial score (nSPS) is 38.2. The van der Waals surface area contributed by atoms with Crippen molar-refractivity contribution in [2.45, 2.75) is 90.8 Å². The Morgan fingerprint density at radius 1 is 1.05 bits per heavy atom. The van der Waals surface area contributed by atoms with Crippen LogP contribution in [0.15, 0.2) is 61.3 Å². The van der Waals surface area contributed by atoms with Crippen LogP contribution in [0, 0.1) is 36.0 Å². The van der Waals surface area contributed by atoms with E-state index in [1.54, 1.807) is 36.5 Å². The number of aliphatic hydroxyl groups excluding tert-OH is 4. The number of rotatable bonds is 3. The van der Waals surface area contributed by atoms with Crippen LogP contribution >= 0.6 is 0 Å². The second kappa shape index (κ2) is 19.6. The summed E-state index contributed by atoms with van der Waals surface area (Å²) in [6, 6.07) is 0. The molecule has 0 aliphatic carbocycles. The fourth-order valence-electron chi connectivity index (χ4n) is 4.79. The van der Waals surface area contributed by atoms with Crippen molar-refractivity contribution in [3.63, 3.8) is 0 Å². The Labute approximate surface area is 244 Å². The van der Waals surface area contributed by atoms with Crippen molar-refractivity contribution in [3.8, 4) is 0 Å². The first kappa shape index (κ1) is 36.6. The van der Waals surface area contributed by atoms with Gasteiger partial charge in [0.1, 0.15) is 6.10 Å². The predicted molar refractivity (Wildman–Crippen MR) is 149 cm³/mol. The van der Waals surface area contributed by atoms with Crippen molar-refractivity contribution >= 4 is 5.97 Å². The quantitative estimate of drug-likeness (QED) is 0.147. The van der Waals surface area contributed by atoms with Gasteiger partial charge in [0, 0.05) is 51.0 Å². The zero-order chi connectivity index (χ0) is 28.0. The maximum Gasteiger partial charge on any atom is 0.329 e.